The van der Waals surface area contributed by atoms with Crippen LogP contribution in [0, 0.1) is 13.8 Å². The maximum atomic E-state index is 11.9. The average molecular weight is 249 g/mol. The lowest BCUT2D eigenvalue weighted by Crippen LogP contribution is -2.12. The number of benzene rings is 1. The van der Waals surface area contributed by atoms with Crippen LogP contribution in [-0.2, 0) is 0 Å². The first-order valence-corrected chi connectivity index (χ1v) is 5.79. The molecule has 88 valence electrons. The van der Waals surface area contributed by atoms with Crippen molar-refractivity contribution in [2.75, 3.05) is 5.32 Å². The Hall–Kier alpha value is -1.95. The summed E-state index contributed by atoms with van der Waals surface area (Å²) in [5, 5.41) is 21.1. The fourth-order valence-electron chi connectivity index (χ4n) is 1.35. The molecule has 0 unspecified atom stereocenters. The van der Waals surface area contributed by atoms with E-state index in [4.69, 9.17) is 0 Å². The molecule has 0 aliphatic carbocycles. The molecular weight excluding hydrogens is 238 g/mol. The highest BCUT2D eigenvalue weighted by Gasteiger charge is 2.14. The number of hydrogen-bond donors (Lipinski definition) is 2. The Balaban J connectivity index is 2.23. The van der Waals surface area contributed by atoms with Crippen LogP contribution in [0.15, 0.2) is 18.2 Å². The molecule has 2 aromatic rings. The van der Waals surface area contributed by atoms with Crippen molar-refractivity contribution >= 4 is 22.4 Å². The highest BCUT2D eigenvalue weighted by molar-refractivity contribution is 7.15. The van der Waals surface area contributed by atoms with Crippen LogP contribution in [0.1, 0.15) is 20.9 Å². The normalized spacial score (nSPS) is 10.2. The molecule has 0 aliphatic rings. The van der Waals surface area contributed by atoms with Gasteiger partial charge in [0.25, 0.3) is 5.91 Å². The van der Waals surface area contributed by atoms with E-state index in [0.717, 1.165) is 5.01 Å². The summed E-state index contributed by atoms with van der Waals surface area (Å²) in [7, 11) is 0. The van der Waals surface area contributed by atoms with Gasteiger partial charge in [0.05, 0.1) is 5.56 Å². The van der Waals surface area contributed by atoms with Gasteiger partial charge in [-0.05, 0) is 25.5 Å². The van der Waals surface area contributed by atoms with E-state index >= 15 is 0 Å². The summed E-state index contributed by atoms with van der Waals surface area (Å²) in [5.41, 5.74) is 0.893. The van der Waals surface area contributed by atoms with Crippen LogP contribution in [0.4, 0.5) is 5.13 Å². The van der Waals surface area contributed by atoms with Crippen LogP contribution < -0.4 is 5.32 Å². The van der Waals surface area contributed by atoms with Crippen LogP contribution in [-0.4, -0.2) is 21.2 Å². The largest absolute Gasteiger partial charge is 0.507 e. The van der Waals surface area contributed by atoms with Gasteiger partial charge in [-0.2, -0.15) is 0 Å². The minimum absolute atomic E-state index is 0.00811. The Labute approximate surface area is 102 Å². The number of para-hydroxylation sites is 1. The van der Waals surface area contributed by atoms with Crippen molar-refractivity contribution in [2.24, 2.45) is 0 Å². The molecule has 0 spiro atoms. The summed E-state index contributed by atoms with van der Waals surface area (Å²) in [6.07, 6.45) is 0. The van der Waals surface area contributed by atoms with Gasteiger partial charge in [0, 0.05) is 0 Å². The Morgan fingerprint density at radius 1 is 1.35 bits per heavy atom. The number of nitrogens with one attached hydrogen (secondary N) is 1. The summed E-state index contributed by atoms with van der Waals surface area (Å²) in [6, 6.07) is 5.02. The molecule has 0 aliphatic heterocycles. The van der Waals surface area contributed by atoms with Crippen molar-refractivity contribution in [3.8, 4) is 5.75 Å². The quantitative estimate of drug-likeness (QED) is 0.854. The third kappa shape index (κ3) is 2.42. The summed E-state index contributed by atoms with van der Waals surface area (Å²) in [6.45, 7) is 3.54. The number of carbonyl (C=O) groups is 1. The van der Waals surface area contributed by atoms with Crippen LogP contribution in [0.3, 0.4) is 0 Å². The van der Waals surface area contributed by atoms with Gasteiger partial charge < -0.3 is 5.11 Å². The van der Waals surface area contributed by atoms with Gasteiger partial charge in [-0.15, -0.1) is 10.2 Å². The molecule has 0 saturated heterocycles. The van der Waals surface area contributed by atoms with Crippen molar-refractivity contribution in [1.82, 2.24) is 10.2 Å². The second kappa shape index (κ2) is 4.50. The van der Waals surface area contributed by atoms with Gasteiger partial charge in [-0.3, -0.25) is 10.1 Å². The molecule has 0 saturated carbocycles. The summed E-state index contributed by atoms with van der Waals surface area (Å²) in [4.78, 5) is 11.9. The summed E-state index contributed by atoms with van der Waals surface area (Å²) < 4.78 is 0. The van der Waals surface area contributed by atoms with Crippen molar-refractivity contribution in [2.45, 2.75) is 13.8 Å². The lowest BCUT2D eigenvalue weighted by molar-refractivity contribution is 0.102. The number of anilines is 1. The van der Waals surface area contributed by atoms with Crippen molar-refractivity contribution in [1.29, 1.82) is 0 Å². The second-order valence-corrected chi connectivity index (χ2v) is 4.73. The minimum Gasteiger partial charge on any atom is -0.507 e. The van der Waals surface area contributed by atoms with E-state index in [9.17, 15) is 9.90 Å². The highest BCUT2D eigenvalue weighted by atomic mass is 32.1. The molecule has 1 aromatic carbocycles. The molecule has 17 heavy (non-hydrogen) atoms. The first-order chi connectivity index (χ1) is 8.08. The maximum absolute atomic E-state index is 11.9. The number of aryl methyl sites for hydroxylation is 2. The van der Waals surface area contributed by atoms with E-state index in [1.54, 1.807) is 32.0 Å². The van der Waals surface area contributed by atoms with Gasteiger partial charge in [0.15, 0.2) is 0 Å². The van der Waals surface area contributed by atoms with Gasteiger partial charge in [0.1, 0.15) is 10.8 Å². The van der Waals surface area contributed by atoms with Gasteiger partial charge in [0.2, 0.25) is 5.13 Å². The number of amides is 1. The van der Waals surface area contributed by atoms with E-state index < -0.39 is 0 Å². The highest BCUT2D eigenvalue weighted by Crippen LogP contribution is 2.23. The third-order valence-electron chi connectivity index (χ3n) is 2.23. The molecule has 1 amide bonds. The SMILES string of the molecule is Cc1nnc(NC(=O)c2cccc(C)c2O)s1. The standard InChI is InChI=1S/C11H11N3O2S/c1-6-4-3-5-8(9(6)15)10(16)12-11-14-13-7(2)17-11/h3-5,15H,1-2H3,(H,12,14,16). The van der Waals surface area contributed by atoms with E-state index in [1.165, 1.54) is 11.3 Å². The van der Waals surface area contributed by atoms with Crippen LogP contribution in [0.2, 0.25) is 0 Å². The van der Waals surface area contributed by atoms with E-state index in [0.29, 0.717) is 10.7 Å². The number of rotatable bonds is 2. The Morgan fingerprint density at radius 3 is 2.76 bits per heavy atom. The number of aromatic hydroxyl groups is 1. The summed E-state index contributed by atoms with van der Waals surface area (Å²) >= 11 is 1.28. The first kappa shape index (κ1) is 11.5. The van der Waals surface area contributed by atoms with Gasteiger partial charge in [-0.25, -0.2) is 0 Å². The fraction of sp³-hybridized carbons (Fsp3) is 0.182. The molecule has 0 radical (unpaired) electrons. The molecule has 0 bridgehead atoms. The molecule has 0 fully saturated rings. The summed E-state index contributed by atoms with van der Waals surface area (Å²) in [5.74, 6) is -0.395. The Morgan fingerprint density at radius 2 is 2.12 bits per heavy atom. The molecule has 2 N–H and O–H groups in total. The molecule has 5 nitrogen and oxygen atoms in total. The van der Waals surface area contributed by atoms with Crippen molar-refractivity contribution < 1.29 is 9.90 Å². The maximum Gasteiger partial charge on any atom is 0.261 e. The number of phenolic OH excluding ortho intramolecular Hbond substituents is 1. The van der Waals surface area contributed by atoms with Crippen LogP contribution >= 0.6 is 11.3 Å². The molecule has 1 heterocycles. The van der Waals surface area contributed by atoms with Crippen molar-refractivity contribution in [3.63, 3.8) is 0 Å². The monoisotopic (exact) mass is 249 g/mol. The molecule has 2 rings (SSSR count). The number of nitrogens with zero attached hydrogens (tertiary/aromatic N) is 2. The zero-order valence-electron chi connectivity index (χ0n) is 9.39. The molecule has 0 atom stereocenters. The fourth-order valence-corrected chi connectivity index (χ4v) is 1.94. The zero-order valence-corrected chi connectivity index (χ0v) is 10.2. The first-order valence-electron chi connectivity index (χ1n) is 4.98. The van der Waals surface area contributed by atoms with E-state index in [2.05, 4.69) is 15.5 Å². The second-order valence-electron chi connectivity index (χ2n) is 3.55. The zero-order chi connectivity index (χ0) is 12.4. The number of hydrogen-bond acceptors (Lipinski definition) is 5. The topological polar surface area (TPSA) is 75.1 Å². The Bertz CT molecular complexity index is 566. The smallest absolute Gasteiger partial charge is 0.261 e. The van der Waals surface area contributed by atoms with Crippen molar-refractivity contribution in [3.05, 3.63) is 34.3 Å². The number of phenols is 1. The van der Waals surface area contributed by atoms with E-state index in [1.807, 2.05) is 0 Å². The van der Waals surface area contributed by atoms with Crippen LogP contribution in [0.25, 0.3) is 0 Å². The third-order valence-corrected chi connectivity index (χ3v) is 2.98. The lowest BCUT2D eigenvalue weighted by Gasteiger charge is -2.05. The number of carbonyl (C=O) groups excluding carboxylic acids is 1. The van der Waals surface area contributed by atoms with Gasteiger partial charge >= 0.3 is 0 Å². The predicted octanol–water partition coefficient (Wildman–Crippen LogP) is 2.11. The van der Waals surface area contributed by atoms with E-state index in [-0.39, 0.29) is 17.2 Å². The Kier molecular flexibility index (Phi) is 3.06. The number of aromatic nitrogens is 2. The van der Waals surface area contributed by atoms with Gasteiger partial charge in [-0.1, -0.05) is 23.5 Å². The average Bonchev–Trinajstić information content (AvgIpc) is 2.68. The minimum atomic E-state index is -0.387. The molecule has 6 heteroatoms. The van der Waals surface area contributed by atoms with Crippen LogP contribution in [0.5, 0.6) is 5.75 Å². The predicted molar refractivity (Wildman–Crippen MR) is 65.4 cm³/mol. The molecular formula is C11H11N3O2S. The lowest BCUT2D eigenvalue weighted by atomic mass is 10.1. The molecule has 1 aromatic heterocycles.